The lowest BCUT2D eigenvalue weighted by Gasteiger charge is -2.28. The highest BCUT2D eigenvalue weighted by Crippen LogP contribution is 2.32. The molecule has 0 aliphatic rings. The molecule has 1 aromatic rings. The molecule has 4 nitrogen and oxygen atoms in total. The second kappa shape index (κ2) is 6.57. The number of hydrogen-bond acceptors (Lipinski definition) is 3. The first-order valence-corrected chi connectivity index (χ1v) is 6.57. The Kier molecular flexibility index (Phi) is 5.36. The minimum absolute atomic E-state index is 0.133. The van der Waals surface area contributed by atoms with Gasteiger partial charge in [-0.05, 0) is 18.1 Å². The van der Waals surface area contributed by atoms with Crippen LogP contribution in [0.3, 0.4) is 0 Å². The van der Waals surface area contributed by atoms with Gasteiger partial charge in [-0.1, -0.05) is 32.9 Å². The third-order valence-corrected chi connectivity index (χ3v) is 3.27. The summed E-state index contributed by atoms with van der Waals surface area (Å²) in [5, 5.41) is 3.08. The quantitative estimate of drug-likeness (QED) is 0.786. The van der Waals surface area contributed by atoms with Crippen LogP contribution in [0, 0.1) is 0 Å². The Hall–Kier alpha value is -1.55. The molecule has 0 radical (unpaired) electrons. The maximum atomic E-state index is 10.8. The Balaban J connectivity index is 2.94. The number of aryl methyl sites for hydroxylation is 1. The van der Waals surface area contributed by atoms with Crippen LogP contribution in [0.1, 0.15) is 31.9 Å². The number of rotatable bonds is 7. The third kappa shape index (κ3) is 4.24. The van der Waals surface area contributed by atoms with Crippen molar-refractivity contribution in [1.29, 1.82) is 0 Å². The number of carbonyl (C=O) groups is 1. The molecular weight excluding hydrogens is 240 g/mol. The summed E-state index contributed by atoms with van der Waals surface area (Å²) in [6.45, 7) is 7.24. The highest BCUT2D eigenvalue weighted by molar-refractivity contribution is 5.75. The molecule has 0 fully saturated rings. The summed E-state index contributed by atoms with van der Waals surface area (Å²) in [7, 11) is 1.68. The predicted octanol–water partition coefficient (Wildman–Crippen LogP) is 1.61. The van der Waals surface area contributed by atoms with Gasteiger partial charge in [0.15, 0.2) is 0 Å². The van der Waals surface area contributed by atoms with Crippen LogP contribution in [0.15, 0.2) is 18.2 Å². The van der Waals surface area contributed by atoms with E-state index in [9.17, 15) is 4.79 Å². The standard InChI is InChI=1S/C15H24N2O2/c1-5-11-6-7-13(19-4)12(8-11)15(2,3)10-17-9-14(16)18/h6-8,17H,5,9-10H2,1-4H3,(H2,16,18). The zero-order valence-electron chi connectivity index (χ0n) is 12.2. The Bertz CT molecular complexity index is 442. The Morgan fingerprint density at radius 1 is 1.42 bits per heavy atom. The van der Waals surface area contributed by atoms with E-state index in [1.54, 1.807) is 7.11 Å². The van der Waals surface area contributed by atoms with E-state index in [0.29, 0.717) is 6.54 Å². The van der Waals surface area contributed by atoms with Gasteiger partial charge in [0, 0.05) is 17.5 Å². The van der Waals surface area contributed by atoms with E-state index in [1.807, 2.05) is 6.07 Å². The van der Waals surface area contributed by atoms with E-state index in [0.717, 1.165) is 17.7 Å². The molecule has 0 aromatic heterocycles. The number of hydrogen-bond donors (Lipinski definition) is 2. The molecule has 0 saturated heterocycles. The van der Waals surface area contributed by atoms with E-state index in [2.05, 4.69) is 38.2 Å². The Labute approximate surface area is 115 Å². The lowest BCUT2D eigenvalue weighted by atomic mass is 9.83. The summed E-state index contributed by atoms with van der Waals surface area (Å²) in [6, 6.07) is 6.25. The second-order valence-corrected chi connectivity index (χ2v) is 5.34. The van der Waals surface area contributed by atoms with Crippen molar-refractivity contribution >= 4 is 5.91 Å². The number of amides is 1. The summed E-state index contributed by atoms with van der Waals surface area (Å²) in [5.74, 6) is 0.535. The van der Waals surface area contributed by atoms with Crippen molar-refractivity contribution in [2.45, 2.75) is 32.6 Å². The molecule has 0 atom stereocenters. The number of benzene rings is 1. The van der Waals surface area contributed by atoms with Gasteiger partial charge in [0.2, 0.25) is 5.91 Å². The molecule has 106 valence electrons. The molecule has 0 aliphatic heterocycles. The minimum Gasteiger partial charge on any atom is -0.496 e. The molecular formula is C15H24N2O2. The highest BCUT2D eigenvalue weighted by Gasteiger charge is 2.24. The number of primary amides is 1. The lowest BCUT2D eigenvalue weighted by molar-refractivity contribution is -0.117. The molecule has 1 rings (SSSR count). The first-order valence-electron chi connectivity index (χ1n) is 6.57. The van der Waals surface area contributed by atoms with E-state index in [-0.39, 0.29) is 17.9 Å². The van der Waals surface area contributed by atoms with Gasteiger partial charge in [-0.3, -0.25) is 4.79 Å². The largest absolute Gasteiger partial charge is 0.496 e. The molecule has 0 heterocycles. The van der Waals surface area contributed by atoms with E-state index in [1.165, 1.54) is 5.56 Å². The smallest absolute Gasteiger partial charge is 0.231 e. The van der Waals surface area contributed by atoms with Crippen LogP contribution in [0.25, 0.3) is 0 Å². The molecule has 1 amide bonds. The maximum absolute atomic E-state index is 10.8. The van der Waals surface area contributed by atoms with Crippen LogP contribution >= 0.6 is 0 Å². The average molecular weight is 264 g/mol. The zero-order chi connectivity index (χ0) is 14.5. The molecule has 3 N–H and O–H groups in total. The summed E-state index contributed by atoms with van der Waals surface area (Å²) in [6.07, 6.45) is 0.988. The van der Waals surface area contributed by atoms with Crippen LogP contribution in [-0.2, 0) is 16.6 Å². The molecule has 4 heteroatoms. The fourth-order valence-corrected chi connectivity index (χ4v) is 2.10. The number of ether oxygens (including phenoxy) is 1. The van der Waals surface area contributed by atoms with Crippen molar-refractivity contribution in [2.24, 2.45) is 5.73 Å². The van der Waals surface area contributed by atoms with Gasteiger partial charge in [-0.15, -0.1) is 0 Å². The molecule has 19 heavy (non-hydrogen) atoms. The van der Waals surface area contributed by atoms with Crippen molar-refractivity contribution < 1.29 is 9.53 Å². The van der Waals surface area contributed by atoms with Gasteiger partial charge in [0.25, 0.3) is 0 Å². The number of nitrogens with one attached hydrogen (secondary N) is 1. The number of methoxy groups -OCH3 is 1. The molecule has 0 saturated carbocycles. The van der Waals surface area contributed by atoms with Crippen LogP contribution < -0.4 is 15.8 Å². The van der Waals surface area contributed by atoms with Gasteiger partial charge in [0.05, 0.1) is 13.7 Å². The SMILES string of the molecule is CCc1ccc(OC)c(C(C)(C)CNCC(N)=O)c1. The van der Waals surface area contributed by atoms with E-state index < -0.39 is 0 Å². The Morgan fingerprint density at radius 2 is 2.11 bits per heavy atom. The number of nitrogens with two attached hydrogens (primary N) is 1. The first kappa shape index (κ1) is 15.5. The van der Waals surface area contributed by atoms with Crippen molar-refractivity contribution in [1.82, 2.24) is 5.32 Å². The molecule has 0 aliphatic carbocycles. The van der Waals surface area contributed by atoms with Gasteiger partial charge in [0.1, 0.15) is 5.75 Å². The third-order valence-electron chi connectivity index (χ3n) is 3.27. The van der Waals surface area contributed by atoms with Gasteiger partial charge >= 0.3 is 0 Å². The fraction of sp³-hybridized carbons (Fsp3) is 0.533. The van der Waals surface area contributed by atoms with Crippen molar-refractivity contribution in [2.75, 3.05) is 20.2 Å². The van der Waals surface area contributed by atoms with E-state index >= 15 is 0 Å². The average Bonchev–Trinajstić information content (AvgIpc) is 2.37. The second-order valence-electron chi connectivity index (χ2n) is 5.34. The van der Waals surface area contributed by atoms with Crippen LogP contribution in [0.5, 0.6) is 5.75 Å². The fourth-order valence-electron chi connectivity index (χ4n) is 2.10. The molecule has 0 bridgehead atoms. The summed E-state index contributed by atoms with van der Waals surface area (Å²) in [5.41, 5.74) is 7.42. The van der Waals surface area contributed by atoms with Crippen LogP contribution in [0.2, 0.25) is 0 Å². The summed E-state index contributed by atoms with van der Waals surface area (Å²) in [4.78, 5) is 10.8. The maximum Gasteiger partial charge on any atom is 0.231 e. The predicted molar refractivity (Wildman–Crippen MR) is 77.5 cm³/mol. The van der Waals surface area contributed by atoms with E-state index in [4.69, 9.17) is 10.5 Å². The molecule has 0 unspecified atom stereocenters. The minimum atomic E-state index is -0.343. The highest BCUT2D eigenvalue weighted by atomic mass is 16.5. The molecule has 0 spiro atoms. The summed E-state index contributed by atoms with van der Waals surface area (Å²) < 4.78 is 5.44. The molecule has 1 aromatic carbocycles. The Morgan fingerprint density at radius 3 is 2.63 bits per heavy atom. The van der Waals surface area contributed by atoms with Crippen molar-refractivity contribution in [3.63, 3.8) is 0 Å². The van der Waals surface area contributed by atoms with Crippen LogP contribution in [-0.4, -0.2) is 26.1 Å². The first-order chi connectivity index (χ1) is 8.90. The number of carbonyl (C=O) groups excluding carboxylic acids is 1. The lowest BCUT2D eigenvalue weighted by Crippen LogP contribution is -2.38. The normalized spacial score (nSPS) is 11.4. The monoisotopic (exact) mass is 264 g/mol. The summed E-state index contributed by atoms with van der Waals surface area (Å²) >= 11 is 0. The van der Waals surface area contributed by atoms with Crippen molar-refractivity contribution in [3.05, 3.63) is 29.3 Å². The zero-order valence-corrected chi connectivity index (χ0v) is 12.2. The topological polar surface area (TPSA) is 64.3 Å². The van der Waals surface area contributed by atoms with Crippen LogP contribution in [0.4, 0.5) is 0 Å². The van der Waals surface area contributed by atoms with Gasteiger partial charge in [-0.25, -0.2) is 0 Å². The van der Waals surface area contributed by atoms with Crippen molar-refractivity contribution in [3.8, 4) is 5.75 Å². The van der Waals surface area contributed by atoms with Gasteiger partial charge in [-0.2, -0.15) is 0 Å². The van der Waals surface area contributed by atoms with Gasteiger partial charge < -0.3 is 15.8 Å².